The summed E-state index contributed by atoms with van der Waals surface area (Å²) in [7, 11) is 0. The Balaban J connectivity index is 1.02. The minimum Gasteiger partial charge on any atom is -0.490 e. The summed E-state index contributed by atoms with van der Waals surface area (Å²) in [6.45, 7) is 5.39. The third-order valence-corrected chi connectivity index (χ3v) is 8.71. The molecule has 0 amide bonds. The van der Waals surface area contributed by atoms with Crippen LogP contribution in [0.4, 0.5) is 0 Å². The zero-order valence-corrected chi connectivity index (χ0v) is 24.1. The Bertz CT molecular complexity index is 1150. The second kappa shape index (κ2) is 13.3. The summed E-state index contributed by atoms with van der Waals surface area (Å²) in [5.74, 6) is 0.958. The third-order valence-electron chi connectivity index (χ3n) is 8.71. The molecule has 2 saturated carbocycles. The van der Waals surface area contributed by atoms with E-state index >= 15 is 0 Å². The van der Waals surface area contributed by atoms with Gasteiger partial charge in [-0.2, -0.15) is 0 Å². The van der Waals surface area contributed by atoms with Gasteiger partial charge in [0.2, 0.25) is 0 Å². The van der Waals surface area contributed by atoms with E-state index in [-0.39, 0.29) is 54.6 Å². The molecule has 2 aromatic rings. The maximum atomic E-state index is 12.3. The van der Waals surface area contributed by atoms with Crippen LogP contribution in [0.15, 0.2) is 48.5 Å². The van der Waals surface area contributed by atoms with Gasteiger partial charge in [-0.25, -0.2) is 0 Å². The number of ether oxygens (including phenoxy) is 5. The van der Waals surface area contributed by atoms with E-state index in [1.165, 1.54) is 0 Å². The number of aliphatic hydroxyl groups excluding tert-OH is 1. The normalized spacial score (nSPS) is 25.5. The minimum atomic E-state index is -0.286. The number of benzene rings is 2. The molecule has 0 bridgehead atoms. The van der Waals surface area contributed by atoms with Crippen LogP contribution in [-0.2, 0) is 29.2 Å². The largest absolute Gasteiger partial charge is 0.490 e. The van der Waals surface area contributed by atoms with Gasteiger partial charge in [-0.05, 0) is 80.3 Å². The third kappa shape index (κ3) is 7.80. The number of carbonyl (C=O) groups excluding carboxylic acids is 2. The van der Waals surface area contributed by atoms with Crippen molar-refractivity contribution in [2.75, 3.05) is 26.4 Å². The Morgan fingerprint density at radius 1 is 0.707 bits per heavy atom. The molecule has 3 fully saturated rings. The molecule has 3 atom stereocenters. The van der Waals surface area contributed by atoms with Crippen LogP contribution < -0.4 is 9.47 Å². The van der Waals surface area contributed by atoms with Crippen LogP contribution in [0.1, 0.15) is 69.9 Å². The molecule has 5 rings (SSSR count). The molecule has 1 N–H and O–H groups in total. The van der Waals surface area contributed by atoms with Crippen molar-refractivity contribution in [3.8, 4) is 11.5 Å². The molecular weight excluding hydrogens is 524 g/mol. The van der Waals surface area contributed by atoms with E-state index in [0.717, 1.165) is 41.9 Å². The van der Waals surface area contributed by atoms with E-state index in [1.54, 1.807) is 0 Å². The van der Waals surface area contributed by atoms with E-state index in [2.05, 4.69) is 38.1 Å². The van der Waals surface area contributed by atoms with Crippen LogP contribution in [0.2, 0.25) is 0 Å². The van der Waals surface area contributed by atoms with Gasteiger partial charge in [0, 0.05) is 5.41 Å². The number of fused-ring (bicyclic) bond motifs is 1. The van der Waals surface area contributed by atoms with Crippen molar-refractivity contribution in [1.82, 2.24) is 0 Å². The highest BCUT2D eigenvalue weighted by atomic mass is 16.6. The summed E-state index contributed by atoms with van der Waals surface area (Å²) in [4.78, 5) is 24.5. The highest BCUT2D eigenvalue weighted by Crippen LogP contribution is 2.40. The van der Waals surface area contributed by atoms with Gasteiger partial charge in [-0.3, -0.25) is 9.59 Å². The lowest BCUT2D eigenvalue weighted by atomic mass is 9.78. The van der Waals surface area contributed by atoms with Crippen molar-refractivity contribution >= 4 is 11.9 Å². The molecule has 222 valence electrons. The quantitative estimate of drug-likeness (QED) is 0.218. The van der Waals surface area contributed by atoms with Gasteiger partial charge in [0.1, 0.15) is 37.9 Å². The van der Waals surface area contributed by atoms with Gasteiger partial charge in [-0.15, -0.1) is 0 Å². The Kier molecular flexibility index (Phi) is 9.50. The highest BCUT2D eigenvalue weighted by molar-refractivity contribution is 5.73. The van der Waals surface area contributed by atoms with E-state index in [4.69, 9.17) is 23.7 Å². The lowest BCUT2D eigenvalue weighted by Crippen LogP contribution is -2.26. The molecule has 1 aliphatic heterocycles. The molecule has 2 aromatic carbocycles. The minimum absolute atomic E-state index is 0.0474. The van der Waals surface area contributed by atoms with Gasteiger partial charge in [-0.1, -0.05) is 38.1 Å². The zero-order chi connectivity index (χ0) is 28.8. The molecule has 2 aliphatic carbocycles. The molecule has 41 heavy (non-hydrogen) atoms. The van der Waals surface area contributed by atoms with Gasteiger partial charge < -0.3 is 28.8 Å². The monoisotopic (exact) mass is 566 g/mol. The standard InChI is InChI=1S/C33H42O8/c1-33(2,24-6-12-27(13-7-24)37-17-19-39-31(35)22-3-10-26(34)11-4-22)25-8-14-28(15-9-25)38-18-20-40-32(36)23-5-16-29-30(21-23)41-29/h6-9,12-15,22-23,26,29-30,34H,3-5,10-11,16-21H2,1-2H3. The number of hydrogen-bond acceptors (Lipinski definition) is 8. The van der Waals surface area contributed by atoms with Crippen LogP contribution >= 0.6 is 0 Å². The Hall–Kier alpha value is -3.10. The first-order valence-corrected chi connectivity index (χ1v) is 14.9. The van der Waals surface area contributed by atoms with Crippen LogP contribution in [-0.4, -0.2) is 61.8 Å². The highest BCUT2D eigenvalue weighted by Gasteiger charge is 2.46. The smallest absolute Gasteiger partial charge is 0.309 e. The van der Waals surface area contributed by atoms with Gasteiger partial charge in [0.15, 0.2) is 0 Å². The zero-order valence-electron chi connectivity index (χ0n) is 24.1. The summed E-state index contributed by atoms with van der Waals surface area (Å²) in [5.41, 5.74) is 2.05. The number of hydrogen-bond donors (Lipinski definition) is 1. The molecule has 0 radical (unpaired) electrons. The van der Waals surface area contributed by atoms with Gasteiger partial charge >= 0.3 is 11.9 Å². The Morgan fingerprint density at radius 2 is 1.20 bits per heavy atom. The van der Waals surface area contributed by atoms with Crippen molar-refractivity contribution in [2.24, 2.45) is 11.8 Å². The molecule has 1 heterocycles. The van der Waals surface area contributed by atoms with Crippen LogP contribution in [0.25, 0.3) is 0 Å². The lowest BCUT2D eigenvalue weighted by Gasteiger charge is -2.26. The Labute approximate surface area is 242 Å². The van der Waals surface area contributed by atoms with Crippen molar-refractivity contribution < 1.29 is 38.4 Å². The Morgan fingerprint density at radius 3 is 1.71 bits per heavy atom. The summed E-state index contributed by atoms with van der Waals surface area (Å²) < 4.78 is 27.9. The SMILES string of the molecule is CC(C)(c1ccc(OCCOC(=O)C2CCC(O)CC2)cc1)c1ccc(OCCOC(=O)C2CCC3OC3C2)cc1. The fourth-order valence-electron chi connectivity index (χ4n) is 5.87. The molecular formula is C33H42O8. The molecule has 0 spiro atoms. The van der Waals surface area contributed by atoms with Gasteiger partial charge in [0.05, 0.1) is 30.1 Å². The number of esters is 2. The first-order valence-electron chi connectivity index (χ1n) is 14.9. The second-order valence-electron chi connectivity index (χ2n) is 11.9. The number of aliphatic hydroxyl groups is 1. The van der Waals surface area contributed by atoms with Crippen molar-refractivity contribution in [2.45, 2.75) is 82.5 Å². The second-order valence-corrected chi connectivity index (χ2v) is 11.9. The van der Waals surface area contributed by atoms with Crippen molar-refractivity contribution in [1.29, 1.82) is 0 Å². The van der Waals surface area contributed by atoms with Crippen molar-refractivity contribution in [3.05, 3.63) is 59.7 Å². The average Bonchev–Trinajstić information content (AvgIpc) is 3.77. The van der Waals surface area contributed by atoms with Crippen LogP contribution in [0.3, 0.4) is 0 Å². The molecule has 0 aromatic heterocycles. The van der Waals surface area contributed by atoms with Crippen LogP contribution in [0, 0.1) is 11.8 Å². The fourth-order valence-corrected chi connectivity index (χ4v) is 5.87. The van der Waals surface area contributed by atoms with Crippen LogP contribution in [0.5, 0.6) is 11.5 Å². The maximum Gasteiger partial charge on any atom is 0.309 e. The fraction of sp³-hybridized carbons (Fsp3) is 0.576. The first-order chi connectivity index (χ1) is 19.8. The first kappa shape index (κ1) is 29.4. The molecule has 8 heteroatoms. The molecule has 3 unspecified atom stereocenters. The van der Waals surface area contributed by atoms with E-state index in [1.807, 2.05) is 24.3 Å². The summed E-state index contributed by atoms with van der Waals surface area (Å²) >= 11 is 0. The van der Waals surface area contributed by atoms with E-state index in [0.29, 0.717) is 45.0 Å². The number of rotatable bonds is 12. The molecule has 1 saturated heterocycles. The topological polar surface area (TPSA) is 104 Å². The predicted octanol–water partition coefficient (Wildman–Crippen LogP) is 4.98. The maximum absolute atomic E-state index is 12.3. The predicted molar refractivity (Wildman–Crippen MR) is 152 cm³/mol. The lowest BCUT2D eigenvalue weighted by molar-refractivity contribution is -0.151. The average molecular weight is 567 g/mol. The number of epoxide rings is 1. The van der Waals surface area contributed by atoms with E-state index in [9.17, 15) is 14.7 Å². The molecule has 3 aliphatic rings. The van der Waals surface area contributed by atoms with Gasteiger partial charge in [0.25, 0.3) is 0 Å². The summed E-state index contributed by atoms with van der Waals surface area (Å²) in [6, 6.07) is 16.0. The summed E-state index contributed by atoms with van der Waals surface area (Å²) in [5, 5.41) is 9.59. The molecule has 8 nitrogen and oxygen atoms in total. The summed E-state index contributed by atoms with van der Waals surface area (Å²) in [6.07, 6.45) is 5.62. The number of carbonyl (C=O) groups is 2. The van der Waals surface area contributed by atoms with E-state index < -0.39 is 0 Å². The van der Waals surface area contributed by atoms with Crippen molar-refractivity contribution in [3.63, 3.8) is 0 Å².